The minimum atomic E-state index is -0.203. The Morgan fingerprint density at radius 1 is 1.50 bits per heavy atom. The van der Waals surface area contributed by atoms with Gasteiger partial charge in [0.25, 0.3) is 5.91 Å². The highest BCUT2D eigenvalue weighted by Crippen LogP contribution is 2.13. The van der Waals surface area contributed by atoms with Crippen LogP contribution in [0.3, 0.4) is 0 Å². The molecule has 1 aromatic heterocycles. The van der Waals surface area contributed by atoms with Crippen LogP contribution in [0.4, 0.5) is 0 Å². The lowest BCUT2D eigenvalue weighted by Gasteiger charge is -2.14. The summed E-state index contributed by atoms with van der Waals surface area (Å²) in [6, 6.07) is 7.70. The largest absolute Gasteiger partial charge is 0.491 e. The van der Waals surface area contributed by atoms with Crippen molar-refractivity contribution in [3.8, 4) is 5.75 Å². The van der Waals surface area contributed by atoms with Crippen LogP contribution in [-0.4, -0.2) is 23.5 Å². The minimum absolute atomic E-state index is 0. The maximum Gasteiger partial charge on any atom is 0.271 e. The molecule has 0 aliphatic carbocycles. The Labute approximate surface area is 140 Å². The fourth-order valence-electron chi connectivity index (χ4n) is 1.77. The smallest absolute Gasteiger partial charge is 0.271 e. The summed E-state index contributed by atoms with van der Waals surface area (Å²) < 4.78 is 5.66. The number of nitrogens with one attached hydrogen (secondary N) is 1. The minimum Gasteiger partial charge on any atom is -0.491 e. The Morgan fingerprint density at radius 2 is 2.27 bits per heavy atom. The van der Waals surface area contributed by atoms with Crippen molar-refractivity contribution in [3.05, 3.63) is 45.9 Å². The predicted octanol–water partition coefficient (Wildman–Crippen LogP) is 2.53. The zero-order chi connectivity index (χ0) is 15.2. The normalized spacial score (nSPS) is 11.4. The first kappa shape index (κ1) is 18.4. The van der Waals surface area contributed by atoms with Crippen molar-refractivity contribution >= 4 is 29.7 Å². The number of thiazole rings is 1. The molecule has 0 aliphatic heterocycles. The van der Waals surface area contributed by atoms with Gasteiger partial charge in [0.2, 0.25) is 0 Å². The summed E-state index contributed by atoms with van der Waals surface area (Å²) in [5.74, 6) is 0.599. The van der Waals surface area contributed by atoms with Crippen molar-refractivity contribution in [2.75, 3.05) is 6.61 Å². The molecule has 7 heteroatoms. The van der Waals surface area contributed by atoms with Crippen molar-refractivity contribution in [1.82, 2.24) is 10.3 Å². The number of rotatable bonds is 6. The van der Waals surface area contributed by atoms with E-state index in [1.165, 1.54) is 11.3 Å². The van der Waals surface area contributed by atoms with Gasteiger partial charge >= 0.3 is 0 Å². The Kier molecular flexibility index (Phi) is 7.31. The second-order valence-corrected chi connectivity index (χ2v) is 5.78. The third-order valence-corrected chi connectivity index (χ3v) is 3.70. The van der Waals surface area contributed by atoms with Crippen LogP contribution in [0, 0.1) is 6.92 Å². The van der Waals surface area contributed by atoms with Gasteiger partial charge in [0.15, 0.2) is 0 Å². The van der Waals surface area contributed by atoms with Gasteiger partial charge in [-0.05, 0) is 31.5 Å². The zero-order valence-electron chi connectivity index (χ0n) is 12.5. The van der Waals surface area contributed by atoms with Crippen LogP contribution in [0.2, 0.25) is 0 Å². The number of nitrogens with zero attached hydrogens (tertiary/aromatic N) is 1. The highest BCUT2D eigenvalue weighted by atomic mass is 35.5. The van der Waals surface area contributed by atoms with Gasteiger partial charge in [-0.25, -0.2) is 4.98 Å². The van der Waals surface area contributed by atoms with E-state index in [9.17, 15) is 4.79 Å². The number of benzene rings is 1. The van der Waals surface area contributed by atoms with Crippen molar-refractivity contribution in [2.45, 2.75) is 26.4 Å². The molecule has 0 fully saturated rings. The summed E-state index contributed by atoms with van der Waals surface area (Å²) in [4.78, 5) is 16.1. The van der Waals surface area contributed by atoms with Crippen molar-refractivity contribution in [2.24, 2.45) is 5.73 Å². The van der Waals surface area contributed by atoms with E-state index >= 15 is 0 Å². The number of ether oxygens (including phenoxy) is 1. The standard InChI is InChI=1S/C15H19N3O2S.ClH/c1-10-4-3-5-12(6-10)20-8-11(2)17-15(19)13-9-21-14(7-16)18-13;/h3-6,9,11H,7-8,16H2,1-2H3,(H,17,19);1H. The fourth-order valence-corrected chi connectivity index (χ4v) is 2.43. The van der Waals surface area contributed by atoms with E-state index in [1.807, 2.05) is 38.1 Å². The van der Waals surface area contributed by atoms with Gasteiger partial charge in [0.05, 0.1) is 6.04 Å². The van der Waals surface area contributed by atoms with Crippen molar-refractivity contribution < 1.29 is 9.53 Å². The quantitative estimate of drug-likeness (QED) is 0.846. The third kappa shape index (κ3) is 5.29. The summed E-state index contributed by atoms with van der Waals surface area (Å²) in [6.07, 6.45) is 0. The van der Waals surface area contributed by atoms with E-state index in [2.05, 4.69) is 10.3 Å². The summed E-state index contributed by atoms with van der Waals surface area (Å²) >= 11 is 1.39. The van der Waals surface area contributed by atoms with Gasteiger partial charge in [-0.3, -0.25) is 4.79 Å². The van der Waals surface area contributed by atoms with E-state index < -0.39 is 0 Å². The van der Waals surface area contributed by atoms with Crippen LogP contribution in [0.1, 0.15) is 28.0 Å². The number of hydrogen-bond donors (Lipinski definition) is 2. The first-order chi connectivity index (χ1) is 10.1. The molecule has 2 aromatic rings. The number of carbonyl (C=O) groups is 1. The van der Waals surface area contributed by atoms with Crippen LogP contribution >= 0.6 is 23.7 Å². The number of amides is 1. The lowest BCUT2D eigenvalue weighted by molar-refractivity contribution is 0.0922. The van der Waals surface area contributed by atoms with Gasteiger partial charge in [0, 0.05) is 11.9 Å². The Hall–Kier alpha value is -1.63. The molecule has 0 aliphatic rings. The maximum atomic E-state index is 12.0. The summed E-state index contributed by atoms with van der Waals surface area (Å²) in [5, 5.41) is 5.33. The molecule has 0 spiro atoms. The topological polar surface area (TPSA) is 77.2 Å². The Balaban J connectivity index is 0.00000242. The monoisotopic (exact) mass is 341 g/mol. The average Bonchev–Trinajstić information content (AvgIpc) is 2.94. The first-order valence-corrected chi connectivity index (χ1v) is 7.61. The molecule has 5 nitrogen and oxygen atoms in total. The number of hydrogen-bond acceptors (Lipinski definition) is 5. The van der Waals surface area contributed by atoms with Gasteiger partial charge in [-0.2, -0.15) is 0 Å². The maximum absolute atomic E-state index is 12.0. The molecule has 0 radical (unpaired) electrons. The molecule has 0 saturated carbocycles. The van der Waals surface area contributed by atoms with Gasteiger partial charge in [-0.1, -0.05) is 12.1 Å². The van der Waals surface area contributed by atoms with Gasteiger partial charge in [0.1, 0.15) is 23.1 Å². The van der Waals surface area contributed by atoms with E-state index in [1.54, 1.807) is 5.38 Å². The molecule has 1 unspecified atom stereocenters. The molecule has 120 valence electrons. The fraction of sp³-hybridized carbons (Fsp3) is 0.333. The first-order valence-electron chi connectivity index (χ1n) is 6.73. The Morgan fingerprint density at radius 3 is 2.91 bits per heavy atom. The molecular weight excluding hydrogens is 322 g/mol. The van der Waals surface area contributed by atoms with E-state index in [-0.39, 0.29) is 24.4 Å². The summed E-state index contributed by atoms with van der Waals surface area (Å²) in [6.45, 7) is 4.66. The number of halogens is 1. The van der Waals surface area contributed by atoms with Crippen LogP contribution in [-0.2, 0) is 6.54 Å². The molecule has 22 heavy (non-hydrogen) atoms. The van der Waals surface area contributed by atoms with Crippen LogP contribution in [0.25, 0.3) is 0 Å². The zero-order valence-corrected chi connectivity index (χ0v) is 14.2. The SMILES string of the molecule is Cc1cccc(OCC(C)NC(=O)c2csc(CN)n2)c1.Cl. The molecule has 0 saturated heterocycles. The third-order valence-electron chi connectivity index (χ3n) is 2.83. The number of carbonyl (C=O) groups excluding carboxylic acids is 1. The molecule has 1 heterocycles. The van der Waals surface area contributed by atoms with E-state index in [0.717, 1.165) is 16.3 Å². The highest BCUT2D eigenvalue weighted by Gasteiger charge is 2.13. The van der Waals surface area contributed by atoms with Crippen LogP contribution in [0.15, 0.2) is 29.6 Å². The second-order valence-electron chi connectivity index (χ2n) is 4.83. The van der Waals surface area contributed by atoms with Crippen molar-refractivity contribution in [1.29, 1.82) is 0 Å². The number of aryl methyl sites for hydroxylation is 1. The molecular formula is C15H20ClN3O2S. The molecule has 0 bridgehead atoms. The molecule has 2 rings (SSSR count). The molecule has 1 amide bonds. The Bertz CT molecular complexity index is 618. The van der Waals surface area contributed by atoms with E-state index in [0.29, 0.717) is 18.8 Å². The molecule has 3 N–H and O–H groups in total. The highest BCUT2D eigenvalue weighted by molar-refractivity contribution is 7.09. The lowest BCUT2D eigenvalue weighted by Crippen LogP contribution is -2.37. The number of nitrogens with two attached hydrogens (primary N) is 1. The lowest BCUT2D eigenvalue weighted by atomic mass is 10.2. The van der Waals surface area contributed by atoms with Crippen molar-refractivity contribution in [3.63, 3.8) is 0 Å². The average molecular weight is 342 g/mol. The van der Waals surface area contributed by atoms with Crippen LogP contribution in [0.5, 0.6) is 5.75 Å². The van der Waals surface area contributed by atoms with E-state index in [4.69, 9.17) is 10.5 Å². The van der Waals surface area contributed by atoms with Crippen LogP contribution < -0.4 is 15.8 Å². The summed E-state index contributed by atoms with van der Waals surface area (Å²) in [7, 11) is 0. The molecule has 1 atom stereocenters. The predicted molar refractivity (Wildman–Crippen MR) is 90.9 cm³/mol. The van der Waals surface area contributed by atoms with Gasteiger partial charge in [-0.15, -0.1) is 23.7 Å². The van der Waals surface area contributed by atoms with Gasteiger partial charge < -0.3 is 15.8 Å². The second kappa shape index (κ2) is 8.73. The number of aromatic nitrogens is 1. The summed E-state index contributed by atoms with van der Waals surface area (Å²) in [5.41, 5.74) is 7.03. The molecule has 1 aromatic carbocycles.